The van der Waals surface area contributed by atoms with Crippen molar-refractivity contribution in [2.75, 3.05) is 23.4 Å². The molecule has 3 heterocycles. The first kappa shape index (κ1) is 19.2. The minimum Gasteiger partial charge on any atom is -0.478 e. The molecule has 1 aliphatic heterocycles. The first-order chi connectivity index (χ1) is 12.6. The molecule has 1 aliphatic rings. The van der Waals surface area contributed by atoms with Gasteiger partial charge in [0.05, 0.1) is 23.2 Å². The Morgan fingerprint density at radius 1 is 1.37 bits per heavy atom. The van der Waals surface area contributed by atoms with Crippen molar-refractivity contribution in [1.82, 2.24) is 14.3 Å². The third kappa shape index (κ3) is 4.38. The molecule has 1 atom stereocenters. The molecule has 2 aromatic rings. The Morgan fingerprint density at radius 2 is 2.11 bits per heavy atom. The zero-order chi connectivity index (χ0) is 19.8. The van der Waals surface area contributed by atoms with Gasteiger partial charge in [-0.3, -0.25) is 9.59 Å². The van der Waals surface area contributed by atoms with Crippen LogP contribution in [-0.4, -0.2) is 46.8 Å². The van der Waals surface area contributed by atoms with Crippen LogP contribution in [0.3, 0.4) is 0 Å². The van der Waals surface area contributed by atoms with Gasteiger partial charge in [0.25, 0.3) is 5.91 Å². The highest BCUT2D eigenvalue weighted by Crippen LogP contribution is 2.27. The van der Waals surface area contributed by atoms with Gasteiger partial charge in [0.2, 0.25) is 5.43 Å². The molecule has 0 saturated carbocycles. The molecule has 3 rings (SSSR count). The van der Waals surface area contributed by atoms with Gasteiger partial charge in [-0.25, -0.2) is 13.1 Å². The van der Waals surface area contributed by atoms with E-state index in [1.165, 1.54) is 12.3 Å². The molecule has 2 aromatic heterocycles. The van der Waals surface area contributed by atoms with E-state index in [9.17, 15) is 18.0 Å². The van der Waals surface area contributed by atoms with Crippen molar-refractivity contribution in [3.8, 4) is 5.75 Å². The second kappa shape index (κ2) is 7.18. The molecule has 0 bridgehead atoms. The molecular weight excluding hydrogens is 372 g/mol. The van der Waals surface area contributed by atoms with Gasteiger partial charge >= 0.3 is 0 Å². The normalized spacial score (nSPS) is 18.4. The predicted molar refractivity (Wildman–Crippen MR) is 99.8 cm³/mol. The third-order valence-corrected chi connectivity index (χ3v) is 6.24. The van der Waals surface area contributed by atoms with Gasteiger partial charge in [-0.05, 0) is 20.3 Å². The molecule has 1 amide bonds. The molecule has 10 heteroatoms. The topological polar surface area (TPSA) is 112 Å². The molecule has 0 aliphatic carbocycles. The maximum Gasteiger partial charge on any atom is 0.263 e. The number of hydrogen-bond donors (Lipinski definition) is 1. The van der Waals surface area contributed by atoms with Crippen LogP contribution in [0.1, 0.15) is 23.9 Å². The quantitative estimate of drug-likeness (QED) is 0.794. The molecule has 146 valence electrons. The monoisotopic (exact) mass is 394 g/mol. The number of aryl methyl sites for hydroxylation is 3. The molecule has 1 fully saturated rings. The van der Waals surface area contributed by atoms with E-state index in [1.807, 2.05) is 0 Å². The van der Waals surface area contributed by atoms with Crippen LogP contribution >= 0.6 is 0 Å². The molecule has 0 spiro atoms. The summed E-state index contributed by atoms with van der Waals surface area (Å²) in [6.07, 6.45) is 1.99. The van der Waals surface area contributed by atoms with Crippen LogP contribution in [0.4, 0.5) is 5.82 Å². The largest absolute Gasteiger partial charge is 0.478 e. The Kier molecular flexibility index (Phi) is 5.09. The zero-order valence-electron chi connectivity index (χ0n) is 15.4. The summed E-state index contributed by atoms with van der Waals surface area (Å²) in [7, 11) is -1.30. The van der Waals surface area contributed by atoms with E-state index in [1.54, 1.807) is 36.2 Å². The van der Waals surface area contributed by atoms with Gasteiger partial charge in [0.1, 0.15) is 5.82 Å². The Hall–Kier alpha value is -2.62. The molecule has 0 aromatic carbocycles. The molecule has 9 nitrogen and oxygen atoms in total. The van der Waals surface area contributed by atoms with Gasteiger partial charge in [0, 0.05) is 31.1 Å². The van der Waals surface area contributed by atoms with Crippen LogP contribution in [0.5, 0.6) is 5.75 Å². The lowest BCUT2D eigenvalue weighted by Gasteiger charge is -2.14. The molecule has 0 unspecified atom stereocenters. The number of aromatic nitrogens is 3. The number of sulfone groups is 1. The van der Waals surface area contributed by atoms with Gasteiger partial charge < -0.3 is 14.6 Å². The molecule has 0 radical (unpaired) electrons. The summed E-state index contributed by atoms with van der Waals surface area (Å²) in [5.41, 5.74) is 1.15. The Labute approximate surface area is 156 Å². The average Bonchev–Trinajstić information content (AvgIpc) is 3.11. The standard InChI is InChI=1S/C17H22N4O5S/c1-11-6-16(21(19-11)13-4-5-27(24,25)10-13)18-17(23)9-26-15-8-20(3)12(2)7-14(15)22/h6-8,13H,4-5,9-10H2,1-3H3,(H,18,23)/t13-/m1/s1. The predicted octanol–water partition coefficient (Wildman–Crippen LogP) is 0.576. The highest BCUT2D eigenvalue weighted by atomic mass is 32.2. The number of carbonyl (C=O) groups excluding carboxylic acids is 1. The van der Waals surface area contributed by atoms with Gasteiger partial charge in [-0.15, -0.1) is 0 Å². The molecule has 1 N–H and O–H groups in total. The molecular formula is C17H22N4O5S. The minimum absolute atomic E-state index is 0.00684. The SMILES string of the molecule is Cc1cc(NC(=O)COc2cn(C)c(C)cc2=O)n([C@@H]2CCS(=O)(=O)C2)n1. The van der Waals surface area contributed by atoms with Crippen molar-refractivity contribution < 1.29 is 17.9 Å². The van der Waals surface area contributed by atoms with Crippen LogP contribution < -0.4 is 15.5 Å². The van der Waals surface area contributed by atoms with E-state index in [4.69, 9.17) is 4.74 Å². The van der Waals surface area contributed by atoms with Crippen molar-refractivity contribution in [2.24, 2.45) is 7.05 Å². The number of ether oxygens (including phenoxy) is 1. The summed E-state index contributed by atoms with van der Waals surface area (Å²) in [4.78, 5) is 24.2. The highest BCUT2D eigenvalue weighted by Gasteiger charge is 2.31. The lowest BCUT2D eigenvalue weighted by molar-refractivity contribution is -0.118. The third-order valence-electron chi connectivity index (χ3n) is 4.49. The minimum atomic E-state index is -3.07. The second-order valence-electron chi connectivity index (χ2n) is 6.76. The summed E-state index contributed by atoms with van der Waals surface area (Å²) in [6.45, 7) is 3.22. The van der Waals surface area contributed by atoms with E-state index >= 15 is 0 Å². The van der Waals surface area contributed by atoms with E-state index < -0.39 is 15.7 Å². The Morgan fingerprint density at radius 3 is 2.78 bits per heavy atom. The van der Waals surface area contributed by atoms with E-state index in [0.717, 1.165) is 5.69 Å². The number of nitrogens with one attached hydrogen (secondary N) is 1. The van der Waals surface area contributed by atoms with E-state index in [0.29, 0.717) is 17.9 Å². The van der Waals surface area contributed by atoms with Crippen molar-refractivity contribution in [1.29, 1.82) is 0 Å². The number of amides is 1. The molecule has 1 saturated heterocycles. The maximum atomic E-state index is 12.2. The smallest absolute Gasteiger partial charge is 0.263 e. The number of pyridine rings is 1. The van der Waals surface area contributed by atoms with Crippen molar-refractivity contribution in [2.45, 2.75) is 26.3 Å². The molecule has 27 heavy (non-hydrogen) atoms. The van der Waals surface area contributed by atoms with Crippen LogP contribution in [0, 0.1) is 13.8 Å². The number of anilines is 1. The fraction of sp³-hybridized carbons (Fsp3) is 0.471. The number of carbonyl (C=O) groups is 1. The Balaban J connectivity index is 1.68. The summed E-state index contributed by atoms with van der Waals surface area (Å²) >= 11 is 0. The van der Waals surface area contributed by atoms with E-state index in [-0.39, 0.29) is 35.3 Å². The van der Waals surface area contributed by atoms with Crippen LogP contribution in [0.25, 0.3) is 0 Å². The Bertz CT molecular complexity index is 1040. The van der Waals surface area contributed by atoms with Crippen LogP contribution in [0.15, 0.2) is 23.1 Å². The van der Waals surface area contributed by atoms with E-state index in [2.05, 4.69) is 10.4 Å². The summed E-state index contributed by atoms with van der Waals surface area (Å²) < 4.78 is 32.0. The lowest BCUT2D eigenvalue weighted by atomic mass is 10.3. The van der Waals surface area contributed by atoms with Gasteiger partial charge in [-0.2, -0.15) is 5.10 Å². The summed E-state index contributed by atoms with van der Waals surface area (Å²) in [5, 5.41) is 6.99. The van der Waals surface area contributed by atoms with Crippen molar-refractivity contribution in [3.63, 3.8) is 0 Å². The number of nitrogens with zero attached hydrogens (tertiary/aromatic N) is 3. The van der Waals surface area contributed by atoms with Crippen molar-refractivity contribution >= 4 is 21.6 Å². The highest BCUT2D eigenvalue weighted by molar-refractivity contribution is 7.91. The van der Waals surface area contributed by atoms with Gasteiger partial charge in [-0.1, -0.05) is 0 Å². The van der Waals surface area contributed by atoms with Crippen LogP contribution in [-0.2, 0) is 21.7 Å². The zero-order valence-corrected chi connectivity index (χ0v) is 16.2. The average molecular weight is 394 g/mol. The lowest BCUT2D eigenvalue weighted by Crippen LogP contribution is -2.25. The number of hydrogen-bond acceptors (Lipinski definition) is 6. The summed E-state index contributed by atoms with van der Waals surface area (Å²) in [5.74, 6) is 0.168. The van der Waals surface area contributed by atoms with Crippen molar-refractivity contribution in [3.05, 3.63) is 39.9 Å². The maximum absolute atomic E-state index is 12.2. The van der Waals surface area contributed by atoms with Gasteiger partial charge in [0.15, 0.2) is 22.2 Å². The fourth-order valence-corrected chi connectivity index (χ4v) is 4.68. The number of rotatable bonds is 5. The summed E-state index contributed by atoms with van der Waals surface area (Å²) in [6, 6.07) is 2.81. The first-order valence-corrected chi connectivity index (χ1v) is 10.3. The van der Waals surface area contributed by atoms with Crippen LogP contribution in [0.2, 0.25) is 0 Å². The fourth-order valence-electron chi connectivity index (χ4n) is 2.99. The first-order valence-electron chi connectivity index (χ1n) is 8.51. The second-order valence-corrected chi connectivity index (χ2v) is 8.99.